The van der Waals surface area contributed by atoms with E-state index in [1.165, 1.54) is 12.8 Å². The number of benzene rings is 2. The number of nitrogens with one attached hydrogen (secondary N) is 1. The maximum absolute atomic E-state index is 12.6. The highest BCUT2D eigenvalue weighted by Crippen LogP contribution is 2.25. The molecule has 1 fully saturated rings. The number of anilines is 2. The molecule has 3 aromatic rings. The van der Waals surface area contributed by atoms with E-state index in [0.29, 0.717) is 12.0 Å². The van der Waals surface area contributed by atoms with Gasteiger partial charge in [0.15, 0.2) is 5.82 Å². The van der Waals surface area contributed by atoms with E-state index in [1.807, 2.05) is 36.4 Å². The van der Waals surface area contributed by atoms with Crippen LogP contribution in [-0.2, 0) is 17.8 Å². The Balaban J connectivity index is 1.27. The van der Waals surface area contributed by atoms with E-state index in [1.54, 1.807) is 17.0 Å². The van der Waals surface area contributed by atoms with Gasteiger partial charge in [-0.25, -0.2) is 0 Å². The number of hydrogen-bond acceptors (Lipinski definition) is 4. The minimum absolute atomic E-state index is 0.141. The first-order valence-electron chi connectivity index (χ1n) is 10.9. The van der Waals surface area contributed by atoms with Gasteiger partial charge in [-0.2, -0.15) is 0 Å². The molecule has 31 heavy (non-hydrogen) atoms. The number of hydrogen-bond donors (Lipinski definition) is 1. The van der Waals surface area contributed by atoms with Gasteiger partial charge >= 0.3 is 0 Å². The molecule has 0 spiro atoms. The highest BCUT2D eigenvalue weighted by atomic mass is 16.2. The monoisotopic (exact) mass is 415 g/mol. The van der Waals surface area contributed by atoms with Gasteiger partial charge in [0.2, 0.25) is 5.91 Å². The van der Waals surface area contributed by atoms with Crippen LogP contribution in [0.3, 0.4) is 0 Å². The summed E-state index contributed by atoms with van der Waals surface area (Å²) in [5.41, 5.74) is 3.12. The smallest absolute Gasteiger partial charge is 0.255 e. The van der Waals surface area contributed by atoms with E-state index in [-0.39, 0.29) is 11.8 Å². The van der Waals surface area contributed by atoms with Crippen molar-refractivity contribution in [2.24, 2.45) is 0 Å². The molecule has 2 amide bonds. The van der Waals surface area contributed by atoms with Crippen molar-refractivity contribution in [3.05, 3.63) is 59.9 Å². The zero-order valence-electron chi connectivity index (χ0n) is 17.4. The van der Waals surface area contributed by atoms with E-state index in [0.717, 1.165) is 60.9 Å². The van der Waals surface area contributed by atoms with Gasteiger partial charge in [-0.05, 0) is 67.8 Å². The number of fused-ring (bicyclic) bond motifs is 1. The standard InChI is InChI=1S/C24H25N5O2/c30-22-6-4-16-28(22)20-13-9-18(10-14-20)24(31)25-19-11-7-17(8-12-19)23-27-26-21-5-2-1-3-15-29(21)23/h7-14H,1-6,15-16H2,(H,25,31). The van der Waals surface area contributed by atoms with Crippen LogP contribution in [0.25, 0.3) is 11.4 Å². The number of carbonyl (C=O) groups excluding carboxylic acids is 2. The van der Waals surface area contributed by atoms with Crippen molar-refractivity contribution < 1.29 is 9.59 Å². The Hall–Kier alpha value is -3.48. The van der Waals surface area contributed by atoms with Crippen molar-refractivity contribution in [3.8, 4) is 11.4 Å². The van der Waals surface area contributed by atoms with Gasteiger partial charge in [-0.3, -0.25) is 9.59 Å². The Morgan fingerprint density at radius 3 is 2.39 bits per heavy atom. The Morgan fingerprint density at radius 1 is 0.839 bits per heavy atom. The van der Waals surface area contributed by atoms with Gasteiger partial charge in [-0.1, -0.05) is 6.42 Å². The Bertz CT molecular complexity index is 1100. The molecule has 2 aromatic carbocycles. The maximum Gasteiger partial charge on any atom is 0.255 e. The lowest BCUT2D eigenvalue weighted by Crippen LogP contribution is -2.23. The van der Waals surface area contributed by atoms with Crippen LogP contribution >= 0.6 is 0 Å². The molecule has 0 unspecified atom stereocenters. The molecule has 3 heterocycles. The molecule has 0 saturated carbocycles. The number of nitrogens with zero attached hydrogens (tertiary/aromatic N) is 4. The SMILES string of the molecule is O=C(Nc1ccc(-c2nnc3n2CCCCC3)cc1)c1ccc(N2CCCC2=O)cc1. The number of carbonyl (C=O) groups is 2. The van der Waals surface area contributed by atoms with Gasteiger partial charge in [0.1, 0.15) is 5.82 Å². The van der Waals surface area contributed by atoms with Gasteiger partial charge in [0.25, 0.3) is 5.91 Å². The summed E-state index contributed by atoms with van der Waals surface area (Å²) in [5, 5.41) is 11.7. The average Bonchev–Trinajstić information content (AvgIpc) is 3.33. The van der Waals surface area contributed by atoms with Crippen molar-refractivity contribution in [1.82, 2.24) is 14.8 Å². The molecule has 158 valence electrons. The summed E-state index contributed by atoms with van der Waals surface area (Å²) >= 11 is 0. The minimum atomic E-state index is -0.177. The van der Waals surface area contributed by atoms with Crippen molar-refractivity contribution in [3.63, 3.8) is 0 Å². The first-order valence-corrected chi connectivity index (χ1v) is 10.9. The van der Waals surface area contributed by atoms with E-state index in [9.17, 15) is 9.59 Å². The van der Waals surface area contributed by atoms with E-state index >= 15 is 0 Å². The molecule has 0 bridgehead atoms. The minimum Gasteiger partial charge on any atom is -0.322 e. The molecular weight excluding hydrogens is 390 g/mol. The quantitative estimate of drug-likeness (QED) is 0.697. The third-order valence-electron chi connectivity index (χ3n) is 6.03. The zero-order chi connectivity index (χ0) is 21.2. The first kappa shape index (κ1) is 19.5. The molecule has 1 N–H and O–H groups in total. The number of aryl methyl sites for hydroxylation is 1. The highest BCUT2D eigenvalue weighted by Gasteiger charge is 2.22. The summed E-state index contributed by atoms with van der Waals surface area (Å²) in [6, 6.07) is 14.9. The van der Waals surface area contributed by atoms with Gasteiger partial charge < -0.3 is 14.8 Å². The second kappa shape index (κ2) is 8.34. The number of aromatic nitrogens is 3. The van der Waals surface area contributed by atoms with Crippen molar-refractivity contribution in [1.29, 1.82) is 0 Å². The molecule has 7 heteroatoms. The van der Waals surface area contributed by atoms with Gasteiger partial charge in [0.05, 0.1) is 0 Å². The molecule has 1 aromatic heterocycles. The van der Waals surface area contributed by atoms with Crippen LogP contribution in [0, 0.1) is 0 Å². The Morgan fingerprint density at radius 2 is 1.65 bits per heavy atom. The van der Waals surface area contributed by atoms with Crippen LogP contribution in [-0.4, -0.2) is 33.1 Å². The van der Waals surface area contributed by atoms with Crippen LogP contribution in [0.1, 0.15) is 48.3 Å². The van der Waals surface area contributed by atoms with Crippen LogP contribution in [0.4, 0.5) is 11.4 Å². The third-order valence-corrected chi connectivity index (χ3v) is 6.03. The summed E-state index contributed by atoms with van der Waals surface area (Å²) in [5.74, 6) is 1.91. The lowest BCUT2D eigenvalue weighted by atomic mass is 10.1. The average molecular weight is 415 g/mol. The Labute approximate surface area is 181 Å². The molecule has 2 aliphatic rings. The third kappa shape index (κ3) is 3.95. The number of amides is 2. The molecule has 0 atom stereocenters. The molecule has 5 rings (SSSR count). The van der Waals surface area contributed by atoms with Crippen LogP contribution in [0.2, 0.25) is 0 Å². The van der Waals surface area contributed by atoms with E-state index in [2.05, 4.69) is 20.1 Å². The predicted molar refractivity (Wildman–Crippen MR) is 119 cm³/mol. The lowest BCUT2D eigenvalue weighted by molar-refractivity contribution is -0.117. The molecule has 2 aliphatic heterocycles. The van der Waals surface area contributed by atoms with Crippen LogP contribution in [0.5, 0.6) is 0 Å². The van der Waals surface area contributed by atoms with Crippen LogP contribution < -0.4 is 10.2 Å². The Kier molecular flexibility index (Phi) is 5.24. The summed E-state index contributed by atoms with van der Waals surface area (Å²) in [7, 11) is 0. The van der Waals surface area contributed by atoms with E-state index < -0.39 is 0 Å². The predicted octanol–water partition coefficient (Wildman–Crippen LogP) is 4.05. The summed E-state index contributed by atoms with van der Waals surface area (Å²) in [6.45, 7) is 1.70. The summed E-state index contributed by atoms with van der Waals surface area (Å²) in [6.07, 6.45) is 5.99. The maximum atomic E-state index is 12.6. The van der Waals surface area contributed by atoms with Crippen molar-refractivity contribution >= 4 is 23.2 Å². The first-order chi connectivity index (χ1) is 15.2. The molecule has 1 saturated heterocycles. The largest absolute Gasteiger partial charge is 0.322 e. The second-order valence-electron chi connectivity index (χ2n) is 8.13. The zero-order valence-corrected chi connectivity index (χ0v) is 17.4. The molecule has 0 aliphatic carbocycles. The van der Waals surface area contributed by atoms with Crippen molar-refractivity contribution in [2.75, 3.05) is 16.8 Å². The van der Waals surface area contributed by atoms with Crippen molar-refractivity contribution in [2.45, 2.75) is 45.1 Å². The van der Waals surface area contributed by atoms with E-state index in [4.69, 9.17) is 0 Å². The molecule has 7 nitrogen and oxygen atoms in total. The summed E-state index contributed by atoms with van der Waals surface area (Å²) < 4.78 is 2.22. The summed E-state index contributed by atoms with van der Waals surface area (Å²) in [4.78, 5) is 26.3. The van der Waals surface area contributed by atoms with Gasteiger partial charge in [-0.15, -0.1) is 10.2 Å². The fourth-order valence-electron chi connectivity index (χ4n) is 4.32. The molecular formula is C24H25N5O2. The topological polar surface area (TPSA) is 80.1 Å². The lowest BCUT2D eigenvalue weighted by Gasteiger charge is -2.15. The van der Waals surface area contributed by atoms with Gasteiger partial charge in [0, 0.05) is 48.4 Å². The number of rotatable bonds is 4. The normalized spacial score (nSPS) is 16.1. The second-order valence-corrected chi connectivity index (χ2v) is 8.13. The fraction of sp³-hybridized carbons (Fsp3) is 0.333. The molecule has 0 radical (unpaired) electrons. The highest BCUT2D eigenvalue weighted by molar-refractivity contribution is 6.05. The fourth-order valence-corrected chi connectivity index (χ4v) is 4.32. The van der Waals surface area contributed by atoms with Crippen LogP contribution in [0.15, 0.2) is 48.5 Å².